The van der Waals surface area contributed by atoms with Crippen LogP contribution < -0.4 is 10.1 Å². The summed E-state index contributed by atoms with van der Waals surface area (Å²) in [5.74, 6) is 0.624. The first kappa shape index (κ1) is 15.2. The molecule has 5 nitrogen and oxygen atoms in total. The largest absolute Gasteiger partial charge is 0.497 e. The van der Waals surface area contributed by atoms with Crippen molar-refractivity contribution in [1.82, 2.24) is 0 Å². The number of rotatable bonds is 3. The van der Waals surface area contributed by atoms with E-state index in [0.717, 1.165) is 18.4 Å². The lowest BCUT2D eigenvalue weighted by Gasteiger charge is -2.21. The third-order valence-corrected chi connectivity index (χ3v) is 3.34. The molecule has 0 saturated heterocycles. The van der Waals surface area contributed by atoms with Crippen molar-refractivity contribution in [2.24, 2.45) is 0 Å². The first-order valence-corrected chi connectivity index (χ1v) is 6.89. The van der Waals surface area contributed by atoms with E-state index in [4.69, 9.17) is 9.47 Å². The maximum Gasteiger partial charge on any atom is 0.412 e. The summed E-state index contributed by atoms with van der Waals surface area (Å²) in [7, 11) is 1.56. The highest BCUT2D eigenvalue weighted by Gasteiger charge is 2.46. The summed E-state index contributed by atoms with van der Waals surface area (Å²) in [6, 6.07) is 7.69. The van der Waals surface area contributed by atoms with Gasteiger partial charge in [0, 0.05) is 6.07 Å². The van der Waals surface area contributed by atoms with Crippen molar-refractivity contribution in [3.05, 3.63) is 23.8 Å². The normalized spacial score (nSPS) is 15.8. The number of hydrogen-bond acceptors (Lipinski definition) is 4. The third kappa shape index (κ3) is 3.46. The predicted octanol–water partition coefficient (Wildman–Crippen LogP) is 3.60. The number of amides is 1. The Bertz CT molecular complexity index is 593. The molecule has 5 heteroatoms. The number of nitriles is 1. The quantitative estimate of drug-likeness (QED) is 0.922. The molecule has 1 aliphatic rings. The Morgan fingerprint density at radius 2 is 2.05 bits per heavy atom. The van der Waals surface area contributed by atoms with E-state index in [9.17, 15) is 10.1 Å². The topological polar surface area (TPSA) is 71.3 Å². The third-order valence-electron chi connectivity index (χ3n) is 3.34. The molecule has 0 aromatic heterocycles. The summed E-state index contributed by atoms with van der Waals surface area (Å²) < 4.78 is 10.4. The Morgan fingerprint density at radius 1 is 1.38 bits per heavy atom. The number of hydrogen-bond donors (Lipinski definition) is 1. The van der Waals surface area contributed by atoms with Crippen molar-refractivity contribution in [3.63, 3.8) is 0 Å². The van der Waals surface area contributed by atoms with Crippen molar-refractivity contribution < 1.29 is 14.3 Å². The highest BCUT2D eigenvalue weighted by Crippen LogP contribution is 2.50. The van der Waals surface area contributed by atoms with Crippen LogP contribution in [0.1, 0.15) is 39.2 Å². The van der Waals surface area contributed by atoms with Gasteiger partial charge in [-0.2, -0.15) is 5.26 Å². The first-order chi connectivity index (χ1) is 9.79. The summed E-state index contributed by atoms with van der Waals surface area (Å²) in [5, 5.41) is 12.1. The molecule has 0 spiro atoms. The zero-order chi connectivity index (χ0) is 15.7. The van der Waals surface area contributed by atoms with Crippen LogP contribution in [0.3, 0.4) is 0 Å². The Morgan fingerprint density at radius 3 is 2.52 bits per heavy atom. The number of methoxy groups -OCH3 is 1. The zero-order valence-corrected chi connectivity index (χ0v) is 12.8. The van der Waals surface area contributed by atoms with Crippen molar-refractivity contribution in [2.45, 2.75) is 44.6 Å². The van der Waals surface area contributed by atoms with Crippen molar-refractivity contribution in [3.8, 4) is 11.8 Å². The highest BCUT2D eigenvalue weighted by molar-refractivity contribution is 5.87. The fraction of sp³-hybridized carbons (Fsp3) is 0.500. The van der Waals surface area contributed by atoms with Crippen LogP contribution in [0.15, 0.2) is 18.2 Å². The zero-order valence-electron chi connectivity index (χ0n) is 12.8. The summed E-state index contributed by atoms with van der Waals surface area (Å²) >= 11 is 0. The number of carbonyl (C=O) groups excluding carboxylic acids is 1. The van der Waals surface area contributed by atoms with E-state index in [0.29, 0.717) is 11.4 Å². The molecule has 2 rings (SSSR count). The van der Waals surface area contributed by atoms with Crippen LogP contribution in [0.25, 0.3) is 0 Å². The molecule has 1 aromatic rings. The fourth-order valence-electron chi connectivity index (χ4n) is 2.15. The Kier molecular flexibility index (Phi) is 3.82. The van der Waals surface area contributed by atoms with Gasteiger partial charge in [-0.3, -0.25) is 5.32 Å². The van der Waals surface area contributed by atoms with E-state index in [-0.39, 0.29) is 0 Å². The van der Waals surface area contributed by atoms with E-state index in [1.807, 2.05) is 6.07 Å². The van der Waals surface area contributed by atoms with Gasteiger partial charge in [0.05, 0.1) is 24.3 Å². The summed E-state index contributed by atoms with van der Waals surface area (Å²) in [5.41, 5.74) is 0.325. The maximum atomic E-state index is 12.0. The van der Waals surface area contributed by atoms with E-state index in [1.54, 1.807) is 40.0 Å². The summed E-state index contributed by atoms with van der Waals surface area (Å²) in [6.45, 7) is 5.41. The standard InChI is InChI=1S/C16H20N2O3/c1-15(2,3)21-14(19)18-13-9-11(20-4)5-6-12(13)16(10-17)7-8-16/h5-6,9H,7-8H2,1-4H3,(H,18,19). The van der Waals surface area contributed by atoms with Crippen LogP contribution in [0.2, 0.25) is 0 Å². The average Bonchev–Trinajstić information content (AvgIpc) is 3.17. The Balaban J connectivity index is 2.28. The minimum Gasteiger partial charge on any atom is -0.497 e. The van der Waals surface area contributed by atoms with Crippen LogP contribution in [0.5, 0.6) is 5.75 Å². The molecule has 1 aliphatic carbocycles. The predicted molar refractivity (Wildman–Crippen MR) is 79.4 cm³/mol. The lowest BCUT2D eigenvalue weighted by atomic mass is 9.95. The first-order valence-electron chi connectivity index (χ1n) is 6.89. The smallest absolute Gasteiger partial charge is 0.412 e. The van der Waals surface area contributed by atoms with Gasteiger partial charge in [-0.05, 0) is 45.2 Å². The second kappa shape index (κ2) is 5.28. The van der Waals surface area contributed by atoms with Crippen LogP contribution in [0.4, 0.5) is 10.5 Å². The maximum absolute atomic E-state index is 12.0. The van der Waals surface area contributed by atoms with E-state index < -0.39 is 17.1 Å². The number of anilines is 1. The Labute approximate surface area is 124 Å². The van der Waals surface area contributed by atoms with Crippen molar-refractivity contribution >= 4 is 11.8 Å². The molecule has 1 N–H and O–H groups in total. The minimum atomic E-state index is -0.574. The highest BCUT2D eigenvalue weighted by atomic mass is 16.6. The summed E-state index contributed by atoms with van der Waals surface area (Å²) in [6.07, 6.45) is 1.07. The van der Waals surface area contributed by atoms with E-state index >= 15 is 0 Å². The van der Waals surface area contributed by atoms with Crippen LogP contribution in [-0.2, 0) is 10.2 Å². The molecule has 1 fully saturated rings. The van der Waals surface area contributed by atoms with Gasteiger partial charge < -0.3 is 9.47 Å². The molecule has 112 valence electrons. The molecule has 1 saturated carbocycles. The molecule has 1 aromatic carbocycles. The fourth-order valence-corrected chi connectivity index (χ4v) is 2.15. The lowest BCUT2D eigenvalue weighted by molar-refractivity contribution is 0.0636. The summed E-state index contributed by atoms with van der Waals surface area (Å²) in [4.78, 5) is 12.0. The van der Waals surface area contributed by atoms with Gasteiger partial charge in [0.2, 0.25) is 0 Å². The van der Waals surface area contributed by atoms with E-state index in [2.05, 4.69) is 11.4 Å². The van der Waals surface area contributed by atoms with Gasteiger partial charge in [-0.15, -0.1) is 0 Å². The van der Waals surface area contributed by atoms with Gasteiger partial charge in [-0.25, -0.2) is 4.79 Å². The molecule has 21 heavy (non-hydrogen) atoms. The molecule has 0 radical (unpaired) electrons. The van der Waals surface area contributed by atoms with Crippen LogP contribution >= 0.6 is 0 Å². The van der Waals surface area contributed by atoms with Crippen LogP contribution in [0, 0.1) is 11.3 Å². The molecule has 0 heterocycles. The Hall–Kier alpha value is -2.22. The van der Waals surface area contributed by atoms with Crippen molar-refractivity contribution in [1.29, 1.82) is 5.26 Å². The van der Waals surface area contributed by atoms with Gasteiger partial charge in [0.25, 0.3) is 0 Å². The number of benzene rings is 1. The number of ether oxygens (including phenoxy) is 2. The molecular formula is C16H20N2O3. The van der Waals surface area contributed by atoms with Crippen LogP contribution in [-0.4, -0.2) is 18.8 Å². The molecule has 1 amide bonds. The van der Waals surface area contributed by atoms with E-state index in [1.165, 1.54) is 0 Å². The van der Waals surface area contributed by atoms with Gasteiger partial charge in [0.15, 0.2) is 0 Å². The average molecular weight is 288 g/mol. The lowest BCUT2D eigenvalue weighted by Crippen LogP contribution is -2.28. The second-order valence-corrected chi connectivity index (χ2v) is 6.23. The molecule has 0 bridgehead atoms. The number of carbonyl (C=O) groups is 1. The minimum absolute atomic E-state index is 0.489. The van der Waals surface area contributed by atoms with Gasteiger partial charge in [0.1, 0.15) is 11.4 Å². The second-order valence-electron chi connectivity index (χ2n) is 6.23. The van der Waals surface area contributed by atoms with Crippen molar-refractivity contribution in [2.75, 3.05) is 12.4 Å². The SMILES string of the molecule is COc1ccc(C2(C#N)CC2)c(NC(=O)OC(C)(C)C)c1. The monoisotopic (exact) mass is 288 g/mol. The number of nitrogens with one attached hydrogen (secondary N) is 1. The molecule has 0 atom stereocenters. The molecule has 0 unspecified atom stereocenters. The van der Waals surface area contributed by atoms with Gasteiger partial charge in [-0.1, -0.05) is 6.07 Å². The molecular weight excluding hydrogens is 268 g/mol. The molecule has 0 aliphatic heterocycles. The number of nitrogens with zero attached hydrogens (tertiary/aromatic N) is 1. The van der Waals surface area contributed by atoms with Gasteiger partial charge >= 0.3 is 6.09 Å².